The number of hydrogen-bond donors (Lipinski definition) is 2. The number of nitrogens with one attached hydrogen (secondary N) is 2. The summed E-state index contributed by atoms with van der Waals surface area (Å²) in [7, 11) is 0. The van der Waals surface area contributed by atoms with Gasteiger partial charge in [0.05, 0.1) is 0 Å². The van der Waals surface area contributed by atoms with Gasteiger partial charge in [0.15, 0.2) is 5.13 Å². The zero-order valence-corrected chi connectivity index (χ0v) is 13.6. The Balaban J connectivity index is 1.72. The van der Waals surface area contributed by atoms with E-state index in [0.717, 1.165) is 5.56 Å². The number of aromatic nitrogens is 3. The monoisotopic (exact) mass is 345 g/mol. The number of anilines is 3. The van der Waals surface area contributed by atoms with E-state index in [1.165, 1.54) is 11.3 Å². The van der Waals surface area contributed by atoms with E-state index in [2.05, 4.69) is 25.6 Å². The van der Waals surface area contributed by atoms with Crippen molar-refractivity contribution < 1.29 is 4.79 Å². The topological polar surface area (TPSA) is 79.8 Å². The molecule has 2 N–H and O–H groups in total. The summed E-state index contributed by atoms with van der Waals surface area (Å²) in [5, 5.41) is 8.57. The molecule has 0 aliphatic rings. The molecule has 0 aliphatic heterocycles. The van der Waals surface area contributed by atoms with Crippen LogP contribution < -0.4 is 10.6 Å². The van der Waals surface area contributed by atoms with Crippen molar-refractivity contribution >= 4 is 45.6 Å². The summed E-state index contributed by atoms with van der Waals surface area (Å²) in [5.74, 6) is 0.133. The van der Waals surface area contributed by atoms with Crippen LogP contribution in [0.15, 0.2) is 42.0 Å². The van der Waals surface area contributed by atoms with Crippen molar-refractivity contribution in [1.29, 1.82) is 0 Å². The second-order valence-corrected chi connectivity index (χ2v) is 5.87. The molecule has 3 aromatic rings. The molecule has 0 atom stereocenters. The fourth-order valence-corrected chi connectivity index (χ4v) is 2.68. The maximum atomic E-state index is 12.3. The van der Waals surface area contributed by atoms with Crippen molar-refractivity contribution in [3.8, 4) is 0 Å². The van der Waals surface area contributed by atoms with Gasteiger partial charge >= 0.3 is 0 Å². The average Bonchev–Trinajstić information content (AvgIpc) is 3.01. The molecule has 0 saturated heterocycles. The number of thiazole rings is 1. The van der Waals surface area contributed by atoms with E-state index in [4.69, 9.17) is 11.6 Å². The molecule has 6 nitrogen and oxygen atoms in total. The lowest BCUT2D eigenvalue weighted by Crippen LogP contribution is -2.13. The maximum absolute atomic E-state index is 12.3. The summed E-state index contributed by atoms with van der Waals surface area (Å²) in [6.45, 7) is 1.85. The van der Waals surface area contributed by atoms with Crippen molar-refractivity contribution in [1.82, 2.24) is 15.0 Å². The first-order valence-electron chi connectivity index (χ1n) is 6.69. The van der Waals surface area contributed by atoms with Gasteiger partial charge in [-0.25, -0.2) is 15.0 Å². The van der Waals surface area contributed by atoms with E-state index in [9.17, 15) is 4.79 Å². The standard InChI is InChI=1S/C15H12ClN5OS/c1-9-10(16)4-2-5-11(9)19-13(22)12-8-23-15(20-12)21-14-17-6-3-7-18-14/h2-8H,1H3,(H,19,22)(H,17,18,20,21). The summed E-state index contributed by atoms with van der Waals surface area (Å²) in [6, 6.07) is 7.07. The van der Waals surface area contributed by atoms with Crippen LogP contribution in [0.5, 0.6) is 0 Å². The van der Waals surface area contributed by atoms with Gasteiger partial charge in [0, 0.05) is 28.5 Å². The van der Waals surface area contributed by atoms with Gasteiger partial charge in [-0.15, -0.1) is 11.3 Å². The minimum Gasteiger partial charge on any atom is -0.320 e. The Hall–Kier alpha value is -2.51. The highest BCUT2D eigenvalue weighted by molar-refractivity contribution is 7.14. The number of rotatable bonds is 4. The molecule has 0 unspecified atom stereocenters. The summed E-state index contributed by atoms with van der Waals surface area (Å²) in [6.07, 6.45) is 3.25. The van der Waals surface area contributed by atoms with Crippen LogP contribution >= 0.6 is 22.9 Å². The summed E-state index contributed by atoms with van der Waals surface area (Å²) in [5.41, 5.74) is 1.79. The molecular formula is C15H12ClN5OS. The summed E-state index contributed by atoms with van der Waals surface area (Å²) >= 11 is 7.35. The third kappa shape index (κ3) is 3.64. The normalized spacial score (nSPS) is 10.3. The van der Waals surface area contributed by atoms with E-state index in [-0.39, 0.29) is 5.91 Å². The Labute approximate surface area is 141 Å². The van der Waals surface area contributed by atoms with Crippen LogP contribution in [-0.2, 0) is 0 Å². The molecule has 2 heterocycles. The van der Waals surface area contributed by atoms with Crippen molar-refractivity contribution in [3.05, 3.63) is 58.3 Å². The molecule has 0 radical (unpaired) electrons. The molecular weight excluding hydrogens is 334 g/mol. The Kier molecular flexibility index (Phi) is 4.50. The molecule has 23 heavy (non-hydrogen) atoms. The summed E-state index contributed by atoms with van der Waals surface area (Å²) in [4.78, 5) is 24.6. The van der Waals surface area contributed by atoms with Crippen LogP contribution in [0, 0.1) is 6.92 Å². The molecule has 0 saturated carbocycles. The van der Waals surface area contributed by atoms with Crippen LogP contribution in [0.2, 0.25) is 5.02 Å². The van der Waals surface area contributed by atoms with E-state index < -0.39 is 0 Å². The Morgan fingerprint density at radius 3 is 2.78 bits per heavy atom. The van der Waals surface area contributed by atoms with Crippen LogP contribution in [0.3, 0.4) is 0 Å². The minimum atomic E-state index is -0.298. The Morgan fingerprint density at radius 1 is 1.22 bits per heavy atom. The molecule has 1 aromatic carbocycles. The van der Waals surface area contributed by atoms with Crippen molar-refractivity contribution in [2.24, 2.45) is 0 Å². The highest BCUT2D eigenvalue weighted by Gasteiger charge is 2.13. The van der Waals surface area contributed by atoms with Gasteiger partial charge in [0.2, 0.25) is 5.95 Å². The number of carbonyl (C=O) groups is 1. The molecule has 0 fully saturated rings. The number of nitrogens with zero attached hydrogens (tertiary/aromatic N) is 3. The van der Waals surface area contributed by atoms with E-state index >= 15 is 0 Å². The quantitative estimate of drug-likeness (QED) is 0.749. The predicted molar refractivity (Wildman–Crippen MR) is 91.6 cm³/mol. The molecule has 116 valence electrons. The number of halogens is 1. The Morgan fingerprint density at radius 2 is 2.00 bits per heavy atom. The Bertz CT molecular complexity index is 837. The van der Waals surface area contributed by atoms with E-state index in [1.54, 1.807) is 42.0 Å². The van der Waals surface area contributed by atoms with E-state index in [0.29, 0.717) is 27.5 Å². The van der Waals surface area contributed by atoms with E-state index in [1.807, 2.05) is 6.92 Å². The van der Waals surface area contributed by atoms with Gasteiger partial charge in [-0.1, -0.05) is 17.7 Å². The molecule has 1 amide bonds. The van der Waals surface area contributed by atoms with Crippen LogP contribution in [-0.4, -0.2) is 20.9 Å². The lowest BCUT2D eigenvalue weighted by atomic mass is 10.2. The van der Waals surface area contributed by atoms with Gasteiger partial charge in [-0.05, 0) is 30.7 Å². The predicted octanol–water partition coefficient (Wildman–Crippen LogP) is 3.89. The number of carbonyl (C=O) groups excluding carboxylic acids is 1. The third-order valence-corrected chi connectivity index (χ3v) is 4.20. The highest BCUT2D eigenvalue weighted by atomic mass is 35.5. The fraction of sp³-hybridized carbons (Fsp3) is 0.0667. The first-order valence-corrected chi connectivity index (χ1v) is 7.95. The maximum Gasteiger partial charge on any atom is 0.275 e. The van der Waals surface area contributed by atoms with Crippen molar-refractivity contribution in [2.75, 3.05) is 10.6 Å². The molecule has 0 bridgehead atoms. The van der Waals surface area contributed by atoms with Crippen LogP contribution in [0.1, 0.15) is 16.1 Å². The van der Waals surface area contributed by atoms with Crippen LogP contribution in [0.25, 0.3) is 0 Å². The summed E-state index contributed by atoms with van der Waals surface area (Å²) < 4.78 is 0. The smallest absolute Gasteiger partial charge is 0.275 e. The average molecular weight is 346 g/mol. The number of benzene rings is 1. The van der Waals surface area contributed by atoms with Crippen molar-refractivity contribution in [3.63, 3.8) is 0 Å². The third-order valence-electron chi connectivity index (χ3n) is 3.04. The van der Waals surface area contributed by atoms with Gasteiger partial charge in [-0.2, -0.15) is 0 Å². The molecule has 0 aliphatic carbocycles. The first-order chi connectivity index (χ1) is 11.1. The lowest BCUT2D eigenvalue weighted by molar-refractivity contribution is 0.102. The fourth-order valence-electron chi connectivity index (χ4n) is 1.82. The first kappa shape index (κ1) is 15.4. The number of hydrogen-bond acceptors (Lipinski definition) is 6. The van der Waals surface area contributed by atoms with Crippen LogP contribution in [0.4, 0.5) is 16.8 Å². The minimum absolute atomic E-state index is 0.298. The molecule has 3 rings (SSSR count). The molecule has 2 aromatic heterocycles. The van der Waals surface area contributed by atoms with Gasteiger partial charge in [-0.3, -0.25) is 4.79 Å². The second kappa shape index (κ2) is 6.72. The second-order valence-electron chi connectivity index (χ2n) is 4.60. The molecule has 0 spiro atoms. The lowest BCUT2D eigenvalue weighted by Gasteiger charge is -2.08. The van der Waals surface area contributed by atoms with Gasteiger partial charge in [0.1, 0.15) is 5.69 Å². The SMILES string of the molecule is Cc1c(Cl)cccc1NC(=O)c1csc(Nc2ncccn2)n1. The van der Waals surface area contributed by atoms with Gasteiger partial charge in [0.25, 0.3) is 5.91 Å². The number of amides is 1. The zero-order chi connectivity index (χ0) is 16.2. The zero-order valence-electron chi connectivity index (χ0n) is 12.1. The highest BCUT2D eigenvalue weighted by Crippen LogP contribution is 2.24. The van der Waals surface area contributed by atoms with Crippen molar-refractivity contribution in [2.45, 2.75) is 6.92 Å². The largest absolute Gasteiger partial charge is 0.320 e. The van der Waals surface area contributed by atoms with Gasteiger partial charge < -0.3 is 10.6 Å². The molecule has 8 heteroatoms.